The molecule has 0 N–H and O–H groups in total. The minimum Gasteiger partial charge on any atom is -0.206 e. The summed E-state index contributed by atoms with van der Waals surface area (Å²) in [5.74, 6) is -0.563. The molecule has 0 bridgehead atoms. The molecule has 0 aliphatic rings. The first-order valence-corrected chi connectivity index (χ1v) is 18.9. The highest BCUT2D eigenvalue weighted by Crippen LogP contribution is 2.39. The van der Waals surface area contributed by atoms with Gasteiger partial charge in [-0.15, -0.1) is 0 Å². The van der Waals surface area contributed by atoms with Crippen molar-refractivity contribution < 1.29 is 38.1 Å². The Balaban J connectivity index is 2.14. The molecule has 0 saturated carbocycles. The topological polar surface area (TPSA) is 143 Å². The van der Waals surface area contributed by atoms with E-state index >= 15 is 4.39 Å². The number of sulfonamides is 4. The van der Waals surface area contributed by atoms with Gasteiger partial charge in [-0.25, -0.2) is 38.1 Å². The van der Waals surface area contributed by atoms with E-state index in [-0.39, 0.29) is 22.5 Å². The number of nitrogens with zero attached hydrogens (tertiary/aromatic N) is 2. The van der Waals surface area contributed by atoms with E-state index in [2.05, 4.69) is 0 Å². The predicted octanol–water partition coefficient (Wildman–Crippen LogP) is 3.54. The fraction of sp³-hybridized carbons (Fsp3) is 0.280. The van der Waals surface area contributed by atoms with Crippen LogP contribution in [0.1, 0.15) is 16.7 Å². The molecule has 0 fully saturated rings. The second-order valence-electron chi connectivity index (χ2n) is 9.48. The van der Waals surface area contributed by atoms with Gasteiger partial charge < -0.3 is 0 Å². The molecule has 40 heavy (non-hydrogen) atoms. The maximum atomic E-state index is 15.9. The molecule has 0 spiro atoms. The Morgan fingerprint density at radius 1 is 0.475 bits per heavy atom. The van der Waals surface area contributed by atoms with Crippen molar-refractivity contribution in [2.24, 2.45) is 0 Å². The van der Waals surface area contributed by atoms with Gasteiger partial charge in [-0.1, -0.05) is 24.3 Å². The largest absolute Gasteiger partial charge is 0.245 e. The average Bonchev–Trinajstić information content (AvgIpc) is 2.76. The quantitative estimate of drug-likeness (QED) is 0.367. The second-order valence-corrected chi connectivity index (χ2v) is 17.3. The Morgan fingerprint density at radius 3 is 1.05 bits per heavy atom. The van der Waals surface area contributed by atoms with Crippen molar-refractivity contribution in [3.63, 3.8) is 0 Å². The third-order valence-corrected chi connectivity index (χ3v) is 12.7. The lowest BCUT2D eigenvalue weighted by Gasteiger charge is -2.22. The number of anilines is 2. The minimum absolute atomic E-state index is 0.0878. The van der Waals surface area contributed by atoms with Crippen LogP contribution >= 0.6 is 0 Å². The zero-order valence-corrected chi connectivity index (χ0v) is 26.1. The molecule has 15 heteroatoms. The van der Waals surface area contributed by atoms with Crippen LogP contribution < -0.4 is 7.42 Å². The van der Waals surface area contributed by atoms with Crippen LogP contribution in [0, 0.1) is 26.6 Å². The molecule has 3 aromatic rings. The van der Waals surface area contributed by atoms with Crippen molar-refractivity contribution in [3.8, 4) is 22.3 Å². The maximum absolute atomic E-state index is 15.9. The predicted molar refractivity (Wildman–Crippen MR) is 156 cm³/mol. The van der Waals surface area contributed by atoms with Crippen LogP contribution in [0.25, 0.3) is 22.3 Å². The third-order valence-electron chi connectivity index (χ3n) is 6.17. The number of hydrogen-bond donors (Lipinski definition) is 0. The SMILES string of the molecule is Cc1c(C)c(-c2ccc(N(S(C)(=O)=O)S(C)(=O)=O)cc2)c(F)c(C)c1-c1ccc(N(S(C)(=O)=O)S(C)(=O)=O)cc1. The summed E-state index contributed by atoms with van der Waals surface area (Å²) in [6.07, 6.45) is 3.09. The molecule has 218 valence electrons. The summed E-state index contributed by atoms with van der Waals surface area (Å²) < 4.78 is 113. The molecule has 10 nitrogen and oxygen atoms in total. The molecule has 0 aliphatic carbocycles. The van der Waals surface area contributed by atoms with Crippen molar-refractivity contribution in [3.05, 3.63) is 71.0 Å². The minimum atomic E-state index is -4.14. The Hall–Kier alpha value is -3.01. The Kier molecular flexibility index (Phi) is 8.22. The van der Waals surface area contributed by atoms with E-state index in [1.54, 1.807) is 20.8 Å². The molecule has 3 aromatic carbocycles. The van der Waals surface area contributed by atoms with E-state index in [1.165, 1.54) is 48.5 Å². The monoisotopic (exact) mass is 632 g/mol. The van der Waals surface area contributed by atoms with Gasteiger partial charge in [0.2, 0.25) is 40.1 Å². The van der Waals surface area contributed by atoms with Gasteiger partial charge in [0.25, 0.3) is 0 Å². The van der Waals surface area contributed by atoms with Crippen molar-refractivity contribution in [1.29, 1.82) is 0 Å². The van der Waals surface area contributed by atoms with E-state index in [0.717, 1.165) is 25.0 Å². The first-order valence-electron chi connectivity index (χ1n) is 11.5. The van der Waals surface area contributed by atoms with Crippen molar-refractivity contribution in [2.75, 3.05) is 32.4 Å². The highest BCUT2D eigenvalue weighted by atomic mass is 32.3. The molecule has 0 heterocycles. The third kappa shape index (κ3) is 6.16. The molecule has 0 aromatic heterocycles. The van der Waals surface area contributed by atoms with Crippen LogP contribution in [-0.2, 0) is 40.1 Å². The molecular formula is C25H29FN2O8S4. The van der Waals surface area contributed by atoms with E-state index in [1.807, 2.05) is 0 Å². The summed E-state index contributed by atoms with van der Waals surface area (Å²) in [5.41, 5.74) is 3.03. The van der Waals surface area contributed by atoms with Crippen LogP contribution in [0.3, 0.4) is 0 Å². The lowest BCUT2D eigenvalue weighted by molar-refractivity contribution is 0.587. The first kappa shape index (κ1) is 31.5. The number of rotatable bonds is 8. The molecule has 0 saturated heterocycles. The van der Waals surface area contributed by atoms with E-state index in [4.69, 9.17) is 0 Å². The Labute approximate surface area is 235 Å². The normalized spacial score (nSPS) is 12.8. The fourth-order valence-electron chi connectivity index (χ4n) is 4.65. The number of halogens is 1. The maximum Gasteiger partial charge on any atom is 0.245 e. The molecule has 3 rings (SSSR count). The van der Waals surface area contributed by atoms with Gasteiger partial charge in [-0.2, -0.15) is 7.42 Å². The standard InChI is InChI=1S/C25H29FN2O8S4/c1-16-17(2)24(20-10-14-22(15-11-20)28(39(6,33)34)40(7,35)36)25(26)18(3)23(16)19-8-12-21(13-9-19)27(37(4,29)30)38(5,31)32/h8-15H,1-7H3. The van der Waals surface area contributed by atoms with Gasteiger partial charge in [0.05, 0.1) is 36.4 Å². The van der Waals surface area contributed by atoms with Crippen molar-refractivity contribution >= 4 is 51.5 Å². The van der Waals surface area contributed by atoms with E-state index in [0.29, 0.717) is 35.2 Å². The van der Waals surface area contributed by atoms with Crippen LogP contribution in [0.2, 0.25) is 0 Å². The first-order chi connectivity index (χ1) is 18.1. The summed E-state index contributed by atoms with van der Waals surface area (Å²) in [7, 11) is -16.5. The van der Waals surface area contributed by atoms with Crippen LogP contribution in [0.5, 0.6) is 0 Å². The summed E-state index contributed by atoms with van der Waals surface area (Å²) in [6.45, 7) is 5.04. The van der Waals surface area contributed by atoms with Crippen LogP contribution in [-0.4, -0.2) is 58.7 Å². The summed E-state index contributed by atoms with van der Waals surface area (Å²) in [4.78, 5) is 0. The van der Waals surface area contributed by atoms with Crippen LogP contribution in [0.4, 0.5) is 15.8 Å². The van der Waals surface area contributed by atoms with Gasteiger partial charge in [0.1, 0.15) is 5.82 Å². The Bertz CT molecular complexity index is 1690. The van der Waals surface area contributed by atoms with E-state index in [9.17, 15) is 33.7 Å². The molecule has 0 radical (unpaired) electrons. The van der Waals surface area contributed by atoms with Gasteiger partial charge >= 0.3 is 0 Å². The van der Waals surface area contributed by atoms with Gasteiger partial charge in [-0.3, -0.25) is 0 Å². The highest BCUT2D eigenvalue weighted by Gasteiger charge is 2.29. The van der Waals surface area contributed by atoms with E-state index < -0.39 is 45.9 Å². The summed E-state index contributed by atoms with van der Waals surface area (Å²) in [5, 5.41) is 0. The molecule has 0 aliphatic heterocycles. The lowest BCUT2D eigenvalue weighted by atomic mass is 9.86. The zero-order chi connectivity index (χ0) is 30.6. The fourth-order valence-corrected chi connectivity index (χ4v) is 10.6. The molecular weight excluding hydrogens is 604 g/mol. The van der Waals surface area contributed by atoms with Gasteiger partial charge in [0.15, 0.2) is 0 Å². The Morgan fingerprint density at radius 2 is 0.750 bits per heavy atom. The molecule has 0 atom stereocenters. The number of hydrogen-bond acceptors (Lipinski definition) is 8. The zero-order valence-electron chi connectivity index (χ0n) is 22.8. The molecule has 0 unspecified atom stereocenters. The summed E-state index contributed by atoms with van der Waals surface area (Å²) in [6, 6.07) is 11.1. The number of benzene rings is 3. The average molecular weight is 633 g/mol. The van der Waals surface area contributed by atoms with Crippen molar-refractivity contribution in [2.45, 2.75) is 20.8 Å². The van der Waals surface area contributed by atoms with Gasteiger partial charge in [0, 0.05) is 5.56 Å². The smallest absolute Gasteiger partial charge is 0.206 e. The van der Waals surface area contributed by atoms with Crippen molar-refractivity contribution in [1.82, 2.24) is 0 Å². The summed E-state index contributed by atoms with van der Waals surface area (Å²) >= 11 is 0. The van der Waals surface area contributed by atoms with Gasteiger partial charge in [-0.05, 0) is 78.4 Å². The molecule has 0 amide bonds. The second kappa shape index (κ2) is 10.4. The van der Waals surface area contributed by atoms with Crippen LogP contribution in [0.15, 0.2) is 48.5 Å². The lowest BCUT2D eigenvalue weighted by Crippen LogP contribution is -2.35. The highest BCUT2D eigenvalue weighted by molar-refractivity contribution is 8.10.